The van der Waals surface area contributed by atoms with Crippen molar-refractivity contribution in [2.24, 2.45) is 0 Å². The first-order valence-corrected chi connectivity index (χ1v) is 4.34. The van der Waals surface area contributed by atoms with Gasteiger partial charge in [-0.25, -0.2) is 9.97 Å². The zero-order valence-electron chi connectivity index (χ0n) is 7.49. The van der Waals surface area contributed by atoms with E-state index in [-0.39, 0.29) is 0 Å². The number of aromatic nitrogens is 2. The number of rotatable bonds is 2. The second kappa shape index (κ2) is 3.39. The van der Waals surface area contributed by atoms with Crippen molar-refractivity contribution in [1.29, 1.82) is 0 Å². The van der Waals surface area contributed by atoms with Crippen molar-refractivity contribution >= 4 is 16.6 Å². The summed E-state index contributed by atoms with van der Waals surface area (Å²) in [6.07, 6.45) is 3.39. The zero-order valence-corrected chi connectivity index (χ0v) is 7.49. The fourth-order valence-corrected chi connectivity index (χ4v) is 1.29. The van der Waals surface area contributed by atoms with Crippen molar-refractivity contribution < 1.29 is 0 Å². The van der Waals surface area contributed by atoms with Crippen LogP contribution < -0.4 is 5.32 Å². The van der Waals surface area contributed by atoms with Crippen LogP contribution in [0.3, 0.4) is 0 Å². The van der Waals surface area contributed by atoms with Gasteiger partial charge in [0.15, 0.2) is 0 Å². The van der Waals surface area contributed by atoms with Gasteiger partial charge in [-0.3, -0.25) is 0 Å². The van der Waals surface area contributed by atoms with Crippen LogP contribution >= 0.6 is 0 Å². The van der Waals surface area contributed by atoms with E-state index in [0.29, 0.717) is 0 Å². The molecule has 0 saturated carbocycles. The number of hydrogen-bond acceptors (Lipinski definition) is 3. The predicted molar refractivity (Wildman–Crippen MR) is 53.7 cm³/mol. The fourth-order valence-electron chi connectivity index (χ4n) is 1.29. The third-order valence-electron chi connectivity index (χ3n) is 1.89. The van der Waals surface area contributed by atoms with Gasteiger partial charge in [-0.05, 0) is 25.1 Å². The first-order valence-electron chi connectivity index (χ1n) is 4.34. The largest absolute Gasteiger partial charge is 0.385 e. The maximum atomic E-state index is 4.17. The fraction of sp³-hybridized carbons (Fsp3) is 0.200. The van der Waals surface area contributed by atoms with Gasteiger partial charge in [0, 0.05) is 23.8 Å². The third-order valence-corrected chi connectivity index (χ3v) is 1.89. The number of nitrogens with zero attached hydrogens (tertiary/aromatic N) is 2. The van der Waals surface area contributed by atoms with Gasteiger partial charge in [0.1, 0.15) is 6.33 Å². The molecule has 2 rings (SSSR count). The van der Waals surface area contributed by atoms with E-state index in [1.165, 1.54) is 0 Å². The highest BCUT2D eigenvalue weighted by atomic mass is 14.9. The minimum absolute atomic E-state index is 0.927. The molecule has 0 aliphatic heterocycles. The first-order chi connectivity index (χ1) is 6.40. The Morgan fingerprint density at radius 3 is 3.15 bits per heavy atom. The smallest absolute Gasteiger partial charge is 0.116 e. The van der Waals surface area contributed by atoms with Crippen LogP contribution in [0.5, 0.6) is 0 Å². The van der Waals surface area contributed by atoms with Crippen molar-refractivity contribution in [3.05, 3.63) is 30.7 Å². The lowest BCUT2D eigenvalue weighted by atomic mass is 10.2. The highest BCUT2D eigenvalue weighted by Gasteiger charge is 1.94. The minimum Gasteiger partial charge on any atom is -0.385 e. The highest BCUT2D eigenvalue weighted by molar-refractivity contribution is 5.81. The number of fused-ring (bicyclic) bond motifs is 1. The van der Waals surface area contributed by atoms with Crippen molar-refractivity contribution in [2.45, 2.75) is 6.92 Å². The van der Waals surface area contributed by atoms with Crippen LogP contribution in [-0.4, -0.2) is 16.5 Å². The summed E-state index contributed by atoms with van der Waals surface area (Å²) in [5.41, 5.74) is 2.09. The monoisotopic (exact) mass is 173 g/mol. The number of anilines is 1. The van der Waals surface area contributed by atoms with Crippen LogP contribution in [0.1, 0.15) is 6.92 Å². The zero-order chi connectivity index (χ0) is 9.10. The van der Waals surface area contributed by atoms with E-state index in [0.717, 1.165) is 23.1 Å². The standard InChI is InChI=1S/C10H11N3/c1-2-12-9-4-3-8-6-11-7-13-10(8)5-9/h3-7,12H,2H2,1H3. The van der Waals surface area contributed by atoms with Gasteiger partial charge in [0.2, 0.25) is 0 Å². The predicted octanol–water partition coefficient (Wildman–Crippen LogP) is 2.06. The molecule has 3 heteroatoms. The maximum absolute atomic E-state index is 4.17. The van der Waals surface area contributed by atoms with Gasteiger partial charge in [-0.1, -0.05) is 0 Å². The molecule has 3 nitrogen and oxygen atoms in total. The average Bonchev–Trinajstić information content (AvgIpc) is 2.18. The molecule has 0 radical (unpaired) electrons. The summed E-state index contributed by atoms with van der Waals surface area (Å²) in [7, 11) is 0. The van der Waals surface area contributed by atoms with E-state index < -0.39 is 0 Å². The lowest BCUT2D eigenvalue weighted by molar-refractivity contribution is 1.20. The summed E-state index contributed by atoms with van der Waals surface area (Å²) >= 11 is 0. The van der Waals surface area contributed by atoms with Gasteiger partial charge >= 0.3 is 0 Å². The van der Waals surface area contributed by atoms with Crippen molar-refractivity contribution in [2.75, 3.05) is 11.9 Å². The SMILES string of the molecule is CCNc1ccc2cncnc2c1. The molecule has 0 atom stereocenters. The van der Waals surface area contributed by atoms with Crippen LogP contribution in [0.25, 0.3) is 10.9 Å². The molecule has 0 aliphatic carbocycles. The molecule has 1 aromatic heterocycles. The third kappa shape index (κ3) is 1.59. The summed E-state index contributed by atoms with van der Waals surface area (Å²) in [5.74, 6) is 0. The first kappa shape index (κ1) is 7.98. The maximum Gasteiger partial charge on any atom is 0.116 e. The van der Waals surface area contributed by atoms with E-state index in [4.69, 9.17) is 0 Å². The molecule has 1 aromatic carbocycles. The summed E-state index contributed by atoms with van der Waals surface area (Å²) in [5, 5.41) is 4.31. The molecular weight excluding hydrogens is 162 g/mol. The Morgan fingerprint density at radius 2 is 2.31 bits per heavy atom. The van der Waals surface area contributed by atoms with Crippen molar-refractivity contribution in [3.63, 3.8) is 0 Å². The van der Waals surface area contributed by atoms with Crippen molar-refractivity contribution in [3.8, 4) is 0 Å². The van der Waals surface area contributed by atoms with Crippen LogP contribution in [-0.2, 0) is 0 Å². The van der Waals surface area contributed by atoms with E-state index >= 15 is 0 Å². The molecule has 66 valence electrons. The quantitative estimate of drug-likeness (QED) is 0.755. The van der Waals surface area contributed by atoms with Gasteiger partial charge in [-0.15, -0.1) is 0 Å². The molecule has 0 fully saturated rings. The Labute approximate surface area is 76.8 Å². The highest BCUT2D eigenvalue weighted by Crippen LogP contribution is 2.15. The Bertz CT molecular complexity index is 412. The summed E-state index contributed by atoms with van der Waals surface area (Å²) in [4.78, 5) is 8.13. The molecule has 0 saturated heterocycles. The normalized spacial score (nSPS) is 10.2. The summed E-state index contributed by atoms with van der Waals surface area (Å²) in [6.45, 7) is 3.00. The molecule has 13 heavy (non-hydrogen) atoms. The van der Waals surface area contributed by atoms with E-state index in [1.54, 1.807) is 6.33 Å². The molecule has 1 heterocycles. The van der Waals surface area contributed by atoms with Crippen LogP contribution in [0.15, 0.2) is 30.7 Å². The van der Waals surface area contributed by atoms with Crippen molar-refractivity contribution in [1.82, 2.24) is 9.97 Å². The Morgan fingerprint density at radius 1 is 1.38 bits per heavy atom. The Kier molecular flexibility index (Phi) is 2.08. The molecule has 1 N–H and O–H groups in total. The van der Waals surface area contributed by atoms with E-state index in [9.17, 15) is 0 Å². The van der Waals surface area contributed by atoms with Gasteiger partial charge < -0.3 is 5.32 Å². The molecular formula is C10H11N3. The van der Waals surface area contributed by atoms with E-state index in [2.05, 4.69) is 22.2 Å². The van der Waals surface area contributed by atoms with Crippen LogP contribution in [0, 0.1) is 0 Å². The summed E-state index contributed by atoms with van der Waals surface area (Å²) in [6, 6.07) is 6.09. The molecule has 2 aromatic rings. The summed E-state index contributed by atoms with van der Waals surface area (Å²) < 4.78 is 0. The second-order valence-corrected chi connectivity index (χ2v) is 2.83. The lowest BCUT2D eigenvalue weighted by Crippen LogP contribution is -1.96. The molecule has 0 spiro atoms. The van der Waals surface area contributed by atoms with Gasteiger partial charge in [0.25, 0.3) is 0 Å². The Balaban J connectivity index is 2.49. The molecule has 0 bridgehead atoms. The molecule has 0 amide bonds. The van der Waals surface area contributed by atoms with E-state index in [1.807, 2.05) is 24.4 Å². The van der Waals surface area contributed by atoms with Crippen LogP contribution in [0.2, 0.25) is 0 Å². The average molecular weight is 173 g/mol. The van der Waals surface area contributed by atoms with Crippen LogP contribution in [0.4, 0.5) is 5.69 Å². The number of nitrogens with one attached hydrogen (secondary N) is 1. The van der Waals surface area contributed by atoms with Gasteiger partial charge in [-0.2, -0.15) is 0 Å². The van der Waals surface area contributed by atoms with Gasteiger partial charge in [0.05, 0.1) is 5.52 Å². The molecule has 0 unspecified atom stereocenters. The molecule has 0 aliphatic rings. The topological polar surface area (TPSA) is 37.8 Å². The minimum atomic E-state index is 0.927. The Hall–Kier alpha value is -1.64. The number of hydrogen-bond donors (Lipinski definition) is 1. The number of benzene rings is 1. The lowest BCUT2D eigenvalue weighted by Gasteiger charge is -2.03. The second-order valence-electron chi connectivity index (χ2n) is 2.83.